The molecule has 7 nitrogen and oxygen atoms in total. The van der Waals surface area contributed by atoms with E-state index >= 15 is 0 Å². The second-order valence-electron chi connectivity index (χ2n) is 10.0. The number of nitrogens with one attached hydrogen (secondary N) is 1. The van der Waals surface area contributed by atoms with E-state index in [2.05, 4.69) is 46.5 Å². The Balaban J connectivity index is 1.25. The van der Waals surface area contributed by atoms with Gasteiger partial charge in [-0.2, -0.15) is 0 Å². The number of aromatic nitrogens is 2. The zero-order valence-corrected chi connectivity index (χ0v) is 23.1. The van der Waals surface area contributed by atoms with Gasteiger partial charge in [-0.3, -0.25) is 14.9 Å². The van der Waals surface area contributed by atoms with Crippen LogP contribution in [0.1, 0.15) is 51.3 Å². The number of benzene rings is 2. The van der Waals surface area contributed by atoms with Gasteiger partial charge in [0.2, 0.25) is 0 Å². The molecule has 1 N–H and O–H groups in total. The molecule has 0 aliphatic carbocycles. The van der Waals surface area contributed by atoms with Crippen LogP contribution in [0, 0.1) is 5.82 Å². The Hall–Kier alpha value is -3.47. The maximum Gasteiger partial charge on any atom is 0.266 e. The van der Waals surface area contributed by atoms with Crippen LogP contribution in [-0.4, -0.2) is 58.3 Å². The Morgan fingerprint density at radius 3 is 2.64 bits per heavy atom. The fourth-order valence-corrected chi connectivity index (χ4v) is 6.97. The maximum atomic E-state index is 14.2. The van der Waals surface area contributed by atoms with Gasteiger partial charge in [0.15, 0.2) is 5.13 Å². The van der Waals surface area contributed by atoms with E-state index in [-0.39, 0.29) is 5.91 Å². The molecule has 2 aliphatic heterocycles. The summed E-state index contributed by atoms with van der Waals surface area (Å²) in [7, 11) is 2.17. The van der Waals surface area contributed by atoms with Gasteiger partial charge in [0.25, 0.3) is 11.8 Å². The third-order valence-corrected chi connectivity index (χ3v) is 9.30. The molecule has 2 aliphatic rings. The monoisotopic (exact) mass is 561 g/mol. The number of likely N-dealkylation sites (tertiary alicyclic amines) is 1. The van der Waals surface area contributed by atoms with Crippen LogP contribution >= 0.6 is 22.7 Å². The molecule has 2 amide bonds. The Morgan fingerprint density at radius 2 is 1.92 bits per heavy atom. The Bertz CT molecular complexity index is 1480. The molecule has 1 fully saturated rings. The zero-order valence-electron chi connectivity index (χ0n) is 21.5. The standard InChI is InChI=1S/C29H28FN5O2S2/c1-34-13-9-19(10-14-34)18-5-7-20(8-6-18)27-32-23-11-15-35(28(37)25(23)39-27)24(21-3-2-4-22(30)17-21)26(36)33-29-31-12-16-38-29/h2-8,12,16-17,19,24H,9-11,13-15H2,1H3,(H,31,33,36). The number of hydrogen-bond acceptors (Lipinski definition) is 7. The summed E-state index contributed by atoms with van der Waals surface area (Å²) >= 11 is 2.63. The van der Waals surface area contributed by atoms with Crippen molar-refractivity contribution >= 4 is 39.6 Å². The minimum absolute atomic E-state index is 0.272. The summed E-state index contributed by atoms with van der Waals surface area (Å²) in [4.78, 5) is 40.5. The smallest absolute Gasteiger partial charge is 0.266 e. The van der Waals surface area contributed by atoms with E-state index in [1.165, 1.54) is 45.3 Å². The van der Waals surface area contributed by atoms with Crippen LogP contribution in [0.25, 0.3) is 10.6 Å². The van der Waals surface area contributed by atoms with Gasteiger partial charge in [0.05, 0.1) is 5.69 Å². The number of thiazole rings is 2. The van der Waals surface area contributed by atoms with E-state index < -0.39 is 17.8 Å². The predicted molar refractivity (Wildman–Crippen MR) is 152 cm³/mol. The predicted octanol–water partition coefficient (Wildman–Crippen LogP) is 5.59. The van der Waals surface area contributed by atoms with Crippen molar-refractivity contribution in [1.82, 2.24) is 19.8 Å². The highest BCUT2D eigenvalue weighted by Crippen LogP contribution is 2.36. The second kappa shape index (κ2) is 11.0. The molecule has 4 aromatic rings. The van der Waals surface area contributed by atoms with Gasteiger partial charge < -0.3 is 9.80 Å². The molecular weight excluding hydrogens is 533 g/mol. The van der Waals surface area contributed by atoms with Crippen molar-refractivity contribution in [2.45, 2.75) is 31.2 Å². The first-order chi connectivity index (χ1) is 19.0. The molecule has 0 saturated carbocycles. The minimum atomic E-state index is -0.996. The molecule has 4 heterocycles. The van der Waals surface area contributed by atoms with Crippen molar-refractivity contribution in [1.29, 1.82) is 0 Å². The third-order valence-electron chi connectivity index (χ3n) is 7.48. The molecule has 6 rings (SSSR count). The fourth-order valence-electron chi connectivity index (χ4n) is 5.36. The molecule has 1 unspecified atom stereocenters. The lowest BCUT2D eigenvalue weighted by Gasteiger charge is -2.33. The molecule has 2 aromatic heterocycles. The molecule has 0 spiro atoms. The van der Waals surface area contributed by atoms with Crippen molar-refractivity contribution in [2.24, 2.45) is 0 Å². The summed E-state index contributed by atoms with van der Waals surface area (Å²) in [5.74, 6) is -0.591. The van der Waals surface area contributed by atoms with E-state index in [1.54, 1.807) is 23.7 Å². The number of halogens is 1. The number of carbonyl (C=O) groups excluding carboxylic acids is 2. The SMILES string of the molecule is CN1CCC(c2ccc(-c3nc4c(s3)C(=O)N(C(C(=O)Nc3nccs3)c3cccc(F)c3)CC4)cc2)CC1. The van der Waals surface area contributed by atoms with Crippen molar-refractivity contribution in [2.75, 3.05) is 32.0 Å². The number of anilines is 1. The average molecular weight is 562 g/mol. The first-order valence-electron chi connectivity index (χ1n) is 13.0. The molecule has 1 atom stereocenters. The number of rotatable bonds is 6. The fraction of sp³-hybridized carbons (Fsp3) is 0.310. The lowest BCUT2D eigenvalue weighted by Crippen LogP contribution is -2.44. The molecule has 0 radical (unpaired) electrons. The summed E-state index contributed by atoms with van der Waals surface area (Å²) in [5.41, 5.74) is 3.48. The molecular formula is C29H28FN5O2S2. The number of hydrogen-bond donors (Lipinski definition) is 1. The summed E-state index contributed by atoms with van der Waals surface area (Å²) < 4.78 is 14.2. The van der Waals surface area contributed by atoms with Crippen molar-refractivity contribution in [3.8, 4) is 10.6 Å². The summed E-state index contributed by atoms with van der Waals surface area (Å²) in [5, 5.41) is 5.76. The van der Waals surface area contributed by atoms with Gasteiger partial charge in [-0.05, 0) is 62.2 Å². The first kappa shape index (κ1) is 25.8. The van der Waals surface area contributed by atoms with Crippen LogP contribution in [0.5, 0.6) is 0 Å². The topological polar surface area (TPSA) is 78.4 Å². The Labute approximate surface area is 234 Å². The van der Waals surface area contributed by atoms with Crippen LogP contribution < -0.4 is 5.32 Å². The molecule has 2 aromatic carbocycles. The summed E-state index contributed by atoms with van der Waals surface area (Å²) in [6, 6.07) is 13.4. The highest BCUT2D eigenvalue weighted by atomic mass is 32.1. The van der Waals surface area contributed by atoms with Crippen molar-refractivity contribution in [3.05, 3.63) is 87.6 Å². The molecule has 1 saturated heterocycles. The van der Waals surface area contributed by atoms with E-state index in [4.69, 9.17) is 4.98 Å². The molecule has 0 bridgehead atoms. The normalized spacial score (nSPS) is 17.2. The van der Waals surface area contributed by atoms with Crippen LogP contribution in [-0.2, 0) is 11.2 Å². The molecule has 39 heavy (non-hydrogen) atoms. The first-order valence-corrected chi connectivity index (χ1v) is 14.7. The number of nitrogens with zero attached hydrogens (tertiary/aromatic N) is 4. The number of fused-ring (bicyclic) bond motifs is 1. The van der Waals surface area contributed by atoms with Crippen LogP contribution in [0.3, 0.4) is 0 Å². The van der Waals surface area contributed by atoms with Gasteiger partial charge >= 0.3 is 0 Å². The van der Waals surface area contributed by atoms with E-state index in [0.29, 0.717) is 34.5 Å². The highest BCUT2D eigenvalue weighted by molar-refractivity contribution is 7.17. The van der Waals surface area contributed by atoms with Gasteiger partial charge in [0.1, 0.15) is 21.7 Å². The van der Waals surface area contributed by atoms with Crippen molar-refractivity contribution < 1.29 is 14.0 Å². The third kappa shape index (κ3) is 5.36. The van der Waals surface area contributed by atoms with Crippen LogP contribution in [0.15, 0.2) is 60.1 Å². The lowest BCUT2D eigenvalue weighted by atomic mass is 9.89. The average Bonchev–Trinajstić information content (AvgIpc) is 3.61. The quantitative estimate of drug-likeness (QED) is 0.332. The minimum Gasteiger partial charge on any atom is -0.321 e. The van der Waals surface area contributed by atoms with Crippen LogP contribution in [0.2, 0.25) is 0 Å². The zero-order chi connectivity index (χ0) is 26.9. The number of amides is 2. The Kier molecular flexibility index (Phi) is 7.24. The number of carbonyl (C=O) groups is 2. The molecule has 200 valence electrons. The van der Waals surface area contributed by atoms with Crippen molar-refractivity contribution in [3.63, 3.8) is 0 Å². The lowest BCUT2D eigenvalue weighted by molar-refractivity contribution is -0.120. The van der Waals surface area contributed by atoms with E-state index in [0.717, 1.165) is 42.2 Å². The largest absolute Gasteiger partial charge is 0.321 e. The second-order valence-corrected chi connectivity index (χ2v) is 11.9. The summed E-state index contributed by atoms with van der Waals surface area (Å²) in [6.07, 6.45) is 4.43. The van der Waals surface area contributed by atoms with Crippen LogP contribution in [0.4, 0.5) is 9.52 Å². The Morgan fingerprint density at radius 1 is 1.13 bits per heavy atom. The number of piperidine rings is 1. The van der Waals surface area contributed by atoms with Gasteiger partial charge in [-0.1, -0.05) is 36.4 Å². The van der Waals surface area contributed by atoms with Gasteiger partial charge in [-0.25, -0.2) is 14.4 Å². The van der Waals surface area contributed by atoms with E-state index in [9.17, 15) is 14.0 Å². The maximum absolute atomic E-state index is 14.2. The molecule has 10 heteroatoms. The van der Waals surface area contributed by atoms with Gasteiger partial charge in [0, 0.05) is 30.1 Å². The highest BCUT2D eigenvalue weighted by Gasteiger charge is 2.37. The van der Waals surface area contributed by atoms with Gasteiger partial charge in [-0.15, -0.1) is 22.7 Å². The van der Waals surface area contributed by atoms with E-state index in [1.807, 2.05) is 0 Å². The summed E-state index contributed by atoms with van der Waals surface area (Å²) in [6.45, 7) is 2.53.